The Morgan fingerprint density at radius 1 is 1.20 bits per heavy atom. The second-order valence-corrected chi connectivity index (χ2v) is 9.38. The Kier molecular flexibility index (Phi) is 6.40. The Morgan fingerprint density at radius 2 is 2.00 bits per heavy atom. The highest BCUT2D eigenvalue weighted by Gasteiger charge is 2.21. The topological polar surface area (TPSA) is 104 Å². The number of hydrogen-bond acceptors (Lipinski definition) is 6. The smallest absolute Gasteiger partial charge is 0.259 e. The van der Waals surface area contributed by atoms with Crippen molar-refractivity contribution in [3.63, 3.8) is 0 Å². The van der Waals surface area contributed by atoms with E-state index in [9.17, 15) is 14.4 Å². The first kappa shape index (κ1) is 20.9. The van der Waals surface area contributed by atoms with Gasteiger partial charge in [0.1, 0.15) is 10.7 Å². The summed E-state index contributed by atoms with van der Waals surface area (Å²) in [5.74, 6) is 0.558. The standard InChI is InChI=1S/C20H19ClN4O3S2/c21-11-4-6-12(7-5-11)23-16(26)8-22-17(27)10-29-9-15-24-19(28)18-13-2-1-3-14(13)30-20(18)25-15/h4-7H,1-3,8-10H2,(H,22,27)(H,23,26)(H,24,25,28). The molecular formula is C20H19ClN4O3S2. The number of carbonyl (C=O) groups excluding carboxylic acids is 2. The molecule has 0 saturated carbocycles. The first-order valence-electron chi connectivity index (χ1n) is 9.43. The highest BCUT2D eigenvalue weighted by atomic mass is 35.5. The van der Waals surface area contributed by atoms with Gasteiger partial charge < -0.3 is 15.6 Å². The minimum absolute atomic E-state index is 0.0988. The van der Waals surface area contributed by atoms with E-state index in [1.807, 2.05) is 0 Å². The van der Waals surface area contributed by atoms with Gasteiger partial charge in [-0.1, -0.05) is 11.6 Å². The first-order valence-corrected chi connectivity index (χ1v) is 11.8. The highest BCUT2D eigenvalue weighted by Crippen LogP contribution is 2.34. The van der Waals surface area contributed by atoms with Gasteiger partial charge in [0.15, 0.2) is 0 Å². The number of aromatic nitrogens is 2. The molecule has 2 amide bonds. The lowest BCUT2D eigenvalue weighted by Gasteiger charge is -2.07. The Labute approximate surface area is 185 Å². The quantitative estimate of drug-likeness (QED) is 0.500. The van der Waals surface area contributed by atoms with Crippen molar-refractivity contribution in [1.82, 2.24) is 15.3 Å². The van der Waals surface area contributed by atoms with E-state index >= 15 is 0 Å². The van der Waals surface area contributed by atoms with E-state index in [1.54, 1.807) is 35.6 Å². The molecule has 156 valence electrons. The molecule has 7 nitrogen and oxygen atoms in total. The Balaban J connectivity index is 1.24. The minimum atomic E-state index is -0.321. The lowest BCUT2D eigenvalue weighted by molar-refractivity contribution is -0.122. The Hall–Kier alpha value is -2.36. The third kappa shape index (κ3) is 4.85. The van der Waals surface area contributed by atoms with E-state index in [1.165, 1.54) is 16.6 Å². The molecule has 1 aromatic carbocycles. The van der Waals surface area contributed by atoms with Crippen molar-refractivity contribution in [3.05, 3.63) is 55.9 Å². The third-order valence-corrected chi connectivity index (χ3v) is 7.05. The van der Waals surface area contributed by atoms with Gasteiger partial charge >= 0.3 is 0 Å². The molecule has 10 heteroatoms. The number of thiophene rings is 1. The number of aromatic amines is 1. The predicted molar refractivity (Wildman–Crippen MR) is 122 cm³/mol. The van der Waals surface area contributed by atoms with Crippen LogP contribution in [-0.4, -0.2) is 34.1 Å². The van der Waals surface area contributed by atoms with Gasteiger partial charge in [-0.25, -0.2) is 4.98 Å². The molecule has 2 heterocycles. The number of aryl methyl sites for hydroxylation is 2. The van der Waals surface area contributed by atoms with Gasteiger partial charge in [0.25, 0.3) is 5.56 Å². The van der Waals surface area contributed by atoms with Crippen molar-refractivity contribution in [1.29, 1.82) is 0 Å². The van der Waals surface area contributed by atoms with Crippen LogP contribution in [0.2, 0.25) is 5.02 Å². The van der Waals surface area contributed by atoms with Crippen molar-refractivity contribution in [2.45, 2.75) is 25.0 Å². The zero-order valence-corrected chi connectivity index (χ0v) is 18.3. The summed E-state index contributed by atoms with van der Waals surface area (Å²) in [6, 6.07) is 6.72. The number of carbonyl (C=O) groups is 2. The molecule has 0 unspecified atom stereocenters. The fourth-order valence-electron chi connectivity index (χ4n) is 3.32. The number of anilines is 1. The number of thioether (sulfide) groups is 1. The summed E-state index contributed by atoms with van der Waals surface area (Å²) in [6.45, 7) is -0.121. The monoisotopic (exact) mass is 462 g/mol. The second-order valence-electron chi connectivity index (χ2n) is 6.87. The van der Waals surface area contributed by atoms with Crippen LogP contribution in [0.5, 0.6) is 0 Å². The number of nitrogens with zero attached hydrogens (tertiary/aromatic N) is 1. The van der Waals surface area contributed by atoms with Crippen LogP contribution in [0.15, 0.2) is 29.1 Å². The normalized spacial score (nSPS) is 12.7. The SMILES string of the molecule is O=C(CSCc1nc2sc3c(c2c(=O)[nH]1)CCC3)NCC(=O)Nc1ccc(Cl)cc1. The number of fused-ring (bicyclic) bond motifs is 3. The summed E-state index contributed by atoms with van der Waals surface area (Å²) in [4.78, 5) is 45.8. The molecular weight excluding hydrogens is 444 g/mol. The van der Waals surface area contributed by atoms with E-state index in [2.05, 4.69) is 20.6 Å². The van der Waals surface area contributed by atoms with E-state index in [-0.39, 0.29) is 29.7 Å². The fraction of sp³-hybridized carbons (Fsp3) is 0.300. The van der Waals surface area contributed by atoms with Crippen LogP contribution < -0.4 is 16.2 Å². The largest absolute Gasteiger partial charge is 0.346 e. The summed E-state index contributed by atoms with van der Waals surface area (Å²) in [5, 5.41) is 6.56. The number of halogens is 1. The molecule has 0 saturated heterocycles. The molecule has 0 aliphatic heterocycles. The van der Waals surface area contributed by atoms with Crippen LogP contribution >= 0.6 is 34.7 Å². The Bertz CT molecular complexity index is 1160. The van der Waals surface area contributed by atoms with Crippen molar-refractivity contribution < 1.29 is 9.59 Å². The molecule has 0 radical (unpaired) electrons. The molecule has 0 fully saturated rings. The summed E-state index contributed by atoms with van der Waals surface area (Å²) in [7, 11) is 0. The Morgan fingerprint density at radius 3 is 2.80 bits per heavy atom. The lowest BCUT2D eigenvalue weighted by Crippen LogP contribution is -2.33. The fourth-order valence-corrected chi connectivity index (χ4v) is 5.45. The zero-order chi connectivity index (χ0) is 21.1. The molecule has 0 atom stereocenters. The van der Waals surface area contributed by atoms with Gasteiger partial charge in [0.2, 0.25) is 11.8 Å². The number of rotatable bonds is 7. The van der Waals surface area contributed by atoms with Crippen LogP contribution in [0, 0.1) is 0 Å². The van der Waals surface area contributed by atoms with Gasteiger partial charge in [0, 0.05) is 15.6 Å². The number of nitrogens with one attached hydrogen (secondary N) is 3. The van der Waals surface area contributed by atoms with Crippen LogP contribution in [0.25, 0.3) is 10.2 Å². The number of amides is 2. The molecule has 3 N–H and O–H groups in total. The maximum Gasteiger partial charge on any atom is 0.259 e. The van der Waals surface area contributed by atoms with Crippen molar-refractivity contribution in [2.24, 2.45) is 0 Å². The molecule has 1 aliphatic rings. The van der Waals surface area contributed by atoms with E-state index in [0.29, 0.717) is 22.3 Å². The molecule has 1 aliphatic carbocycles. The van der Waals surface area contributed by atoms with Crippen LogP contribution in [-0.2, 0) is 28.2 Å². The minimum Gasteiger partial charge on any atom is -0.346 e. The van der Waals surface area contributed by atoms with E-state index in [4.69, 9.17) is 11.6 Å². The molecule has 3 aromatic rings. The van der Waals surface area contributed by atoms with Gasteiger partial charge in [-0.2, -0.15) is 0 Å². The number of hydrogen-bond donors (Lipinski definition) is 3. The van der Waals surface area contributed by atoms with Crippen LogP contribution in [0.4, 0.5) is 5.69 Å². The predicted octanol–water partition coefficient (Wildman–Crippen LogP) is 3.11. The molecule has 0 spiro atoms. The average molecular weight is 463 g/mol. The maximum atomic E-state index is 12.4. The number of benzene rings is 1. The van der Waals surface area contributed by atoms with Crippen molar-refractivity contribution >= 4 is 62.4 Å². The summed E-state index contributed by atoms with van der Waals surface area (Å²) < 4.78 is 0. The second kappa shape index (κ2) is 9.20. The van der Waals surface area contributed by atoms with Gasteiger partial charge in [0.05, 0.1) is 23.4 Å². The van der Waals surface area contributed by atoms with Gasteiger partial charge in [-0.15, -0.1) is 23.1 Å². The van der Waals surface area contributed by atoms with Gasteiger partial charge in [-0.3, -0.25) is 14.4 Å². The first-order chi connectivity index (χ1) is 14.5. The van der Waals surface area contributed by atoms with Crippen molar-refractivity contribution in [2.75, 3.05) is 17.6 Å². The summed E-state index contributed by atoms with van der Waals surface area (Å²) in [6.07, 6.45) is 3.06. The van der Waals surface area contributed by atoms with Crippen LogP contribution in [0.1, 0.15) is 22.7 Å². The molecule has 0 bridgehead atoms. The zero-order valence-electron chi connectivity index (χ0n) is 15.9. The van der Waals surface area contributed by atoms with E-state index in [0.717, 1.165) is 35.0 Å². The average Bonchev–Trinajstić information content (AvgIpc) is 3.29. The van der Waals surface area contributed by atoms with Crippen LogP contribution in [0.3, 0.4) is 0 Å². The molecule has 30 heavy (non-hydrogen) atoms. The highest BCUT2D eigenvalue weighted by molar-refractivity contribution is 7.99. The number of H-pyrrole nitrogens is 1. The lowest BCUT2D eigenvalue weighted by atomic mass is 10.2. The third-order valence-electron chi connectivity index (χ3n) is 4.67. The maximum absolute atomic E-state index is 12.4. The van der Waals surface area contributed by atoms with Crippen molar-refractivity contribution in [3.8, 4) is 0 Å². The molecule has 4 rings (SSSR count). The summed E-state index contributed by atoms with van der Waals surface area (Å²) in [5.41, 5.74) is 1.66. The van der Waals surface area contributed by atoms with E-state index < -0.39 is 0 Å². The summed E-state index contributed by atoms with van der Waals surface area (Å²) >= 11 is 8.73. The molecule has 2 aromatic heterocycles. The van der Waals surface area contributed by atoms with Gasteiger partial charge in [-0.05, 0) is 49.1 Å².